The molecule has 1 fully saturated rings. The molecule has 1 aliphatic rings. The van der Waals surface area contributed by atoms with Crippen LogP contribution in [0.4, 0.5) is 0 Å². The van der Waals surface area contributed by atoms with Gasteiger partial charge in [0.1, 0.15) is 30.5 Å². The Morgan fingerprint density at radius 3 is 1.71 bits per heavy atom. The van der Waals surface area contributed by atoms with Crippen molar-refractivity contribution in [3.63, 3.8) is 0 Å². The van der Waals surface area contributed by atoms with E-state index in [1.807, 2.05) is 6.92 Å². The summed E-state index contributed by atoms with van der Waals surface area (Å²) in [6, 6.07) is -0.979. The van der Waals surface area contributed by atoms with E-state index in [4.69, 9.17) is 9.47 Å². The number of unbranched alkanes of at least 4 members (excludes halogenated alkanes) is 15. The lowest BCUT2D eigenvalue weighted by Crippen LogP contribution is -2.60. The van der Waals surface area contributed by atoms with Crippen LogP contribution in [0.3, 0.4) is 0 Å². The standard InChI is InChI=1S/C32H63NO9/c1-3-5-6-7-8-9-10-11-12-13-14-15-16-17-18-19-21-27(36)33-24(28(37)25(35)20-4-2)23-41-32-31(40)30(39)29(38)26(22-34)42-32/h24-26,28-32,34-35,37-40H,3-23H2,1-2H3,(H,33,36)/t24-,25+,26+,28-,29-,30-,31+,32-/m0/s1. The first-order valence-electron chi connectivity index (χ1n) is 16.8. The number of hydrogen-bond acceptors (Lipinski definition) is 9. The van der Waals surface area contributed by atoms with Crippen molar-refractivity contribution in [2.24, 2.45) is 0 Å². The lowest BCUT2D eigenvalue weighted by molar-refractivity contribution is -0.303. The fourth-order valence-corrected chi connectivity index (χ4v) is 5.48. The Morgan fingerprint density at radius 1 is 0.738 bits per heavy atom. The number of aliphatic hydroxyl groups excluding tert-OH is 6. The van der Waals surface area contributed by atoms with E-state index in [-0.39, 0.29) is 18.9 Å². The van der Waals surface area contributed by atoms with Gasteiger partial charge in [0, 0.05) is 6.42 Å². The summed E-state index contributed by atoms with van der Waals surface area (Å²) in [6.45, 7) is 3.21. The second-order valence-corrected chi connectivity index (χ2v) is 12.1. The average molecular weight is 606 g/mol. The lowest BCUT2D eigenvalue weighted by atomic mass is 9.99. The van der Waals surface area contributed by atoms with Crippen molar-refractivity contribution < 1.29 is 44.9 Å². The third-order valence-electron chi connectivity index (χ3n) is 8.28. The minimum Gasteiger partial charge on any atom is -0.394 e. The molecule has 42 heavy (non-hydrogen) atoms. The molecule has 8 atom stereocenters. The van der Waals surface area contributed by atoms with Crippen molar-refractivity contribution in [3.8, 4) is 0 Å². The lowest BCUT2D eigenvalue weighted by Gasteiger charge is -2.40. The van der Waals surface area contributed by atoms with Crippen LogP contribution in [0.25, 0.3) is 0 Å². The van der Waals surface area contributed by atoms with Gasteiger partial charge in [-0.1, -0.05) is 117 Å². The molecule has 0 aromatic heterocycles. The Bertz CT molecular complexity index is 653. The van der Waals surface area contributed by atoms with Gasteiger partial charge in [-0.3, -0.25) is 4.79 Å². The van der Waals surface area contributed by atoms with Gasteiger partial charge >= 0.3 is 0 Å². The fourth-order valence-electron chi connectivity index (χ4n) is 5.48. The van der Waals surface area contributed by atoms with E-state index in [1.165, 1.54) is 77.0 Å². The molecule has 0 radical (unpaired) electrons. The van der Waals surface area contributed by atoms with E-state index in [1.54, 1.807) is 0 Å². The second kappa shape index (κ2) is 24.5. The maximum Gasteiger partial charge on any atom is 0.220 e. The molecule has 1 saturated heterocycles. The van der Waals surface area contributed by atoms with E-state index in [9.17, 15) is 35.4 Å². The van der Waals surface area contributed by atoms with Gasteiger partial charge in [-0.05, 0) is 12.8 Å². The predicted molar refractivity (Wildman–Crippen MR) is 163 cm³/mol. The van der Waals surface area contributed by atoms with Crippen molar-refractivity contribution in [2.75, 3.05) is 13.2 Å². The molecule has 0 bridgehead atoms. The molecule has 0 aliphatic carbocycles. The van der Waals surface area contributed by atoms with Crippen LogP contribution in [0.5, 0.6) is 0 Å². The Morgan fingerprint density at radius 2 is 1.24 bits per heavy atom. The third-order valence-corrected chi connectivity index (χ3v) is 8.28. The van der Waals surface area contributed by atoms with Crippen molar-refractivity contribution in [1.82, 2.24) is 5.32 Å². The Kier molecular flexibility index (Phi) is 22.8. The second-order valence-electron chi connectivity index (χ2n) is 12.1. The SMILES string of the molecule is CCCCCCCCCCCCCCCCCCC(=O)N[C@@H](CO[C@H]1O[C@H](CO)[C@H](O)[C@H](O)[C@H]1O)[C@H](O)[C@H](O)CCC. The summed E-state index contributed by atoms with van der Waals surface area (Å²) in [5.74, 6) is -0.273. The summed E-state index contributed by atoms with van der Waals surface area (Å²) in [6.07, 6.45) is 11.6. The zero-order valence-electron chi connectivity index (χ0n) is 26.4. The number of carbonyl (C=O) groups excluding carboxylic acids is 1. The minimum atomic E-state index is -1.60. The predicted octanol–water partition coefficient (Wildman–Crippen LogP) is 3.46. The van der Waals surface area contributed by atoms with Gasteiger partial charge < -0.3 is 45.4 Å². The van der Waals surface area contributed by atoms with Gasteiger partial charge in [0.2, 0.25) is 5.91 Å². The van der Waals surface area contributed by atoms with Crippen LogP contribution in [0.2, 0.25) is 0 Å². The maximum absolute atomic E-state index is 12.6. The molecule has 1 heterocycles. The van der Waals surface area contributed by atoms with Gasteiger partial charge in [0.25, 0.3) is 0 Å². The highest BCUT2D eigenvalue weighted by molar-refractivity contribution is 5.76. The van der Waals surface area contributed by atoms with Crippen molar-refractivity contribution in [2.45, 2.75) is 185 Å². The molecule has 10 heteroatoms. The van der Waals surface area contributed by atoms with Crippen molar-refractivity contribution >= 4 is 5.91 Å². The Balaban J connectivity index is 2.28. The number of carbonyl (C=O) groups is 1. The molecular weight excluding hydrogens is 542 g/mol. The highest BCUT2D eigenvalue weighted by Crippen LogP contribution is 2.22. The normalized spacial score (nSPS) is 24.8. The first kappa shape index (κ1) is 39.2. The molecule has 250 valence electrons. The van der Waals surface area contributed by atoms with Crippen LogP contribution in [-0.4, -0.2) is 98.7 Å². The highest BCUT2D eigenvalue weighted by atomic mass is 16.7. The quantitative estimate of drug-likeness (QED) is 0.0730. The summed E-state index contributed by atoms with van der Waals surface area (Å²) in [4.78, 5) is 12.6. The number of ether oxygens (including phenoxy) is 2. The largest absolute Gasteiger partial charge is 0.394 e. The van der Waals surface area contributed by atoms with E-state index in [0.717, 1.165) is 25.7 Å². The van der Waals surface area contributed by atoms with E-state index < -0.39 is 55.6 Å². The summed E-state index contributed by atoms with van der Waals surface area (Å²) >= 11 is 0. The van der Waals surface area contributed by atoms with Crippen LogP contribution in [0, 0.1) is 0 Å². The third kappa shape index (κ3) is 16.3. The van der Waals surface area contributed by atoms with Crippen molar-refractivity contribution in [3.05, 3.63) is 0 Å². The number of amides is 1. The molecule has 0 aromatic carbocycles. The smallest absolute Gasteiger partial charge is 0.220 e. The number of rotatable bonds is 26. The topological polar surface area (TPSA) is 169 Å². The number of hydrogen-bond donors (Lipinski definition) is 7. The van der Waals surface area contributed by atoms with Crippen LogP contribution in [0.15, 0.2) is 0 Å². The van der Waals surface area contributed by atoms with Gasteiger partial charge in [-0.25, -0.2) is 0 Å². The molecule has 0 unspecified atom stereocenters. The molecule has 1 amide bonds. The highest BCUT2D eigenvalue weighted by Gasteiger charge is 2.44. The zero-order chi connectivity index (χ0) is 31.2. The molecule has 0 saturated carbocycles. The molecule has 7 N–H and O–H groups in total. The van der Waals surface area contributed by atoms with Gasteiger partial charge in [-0.15, -0.1) is 0 Å². The molecule has 0 aromatic rings. The van der Waals surface area contributed by atoms with Crippen LogP contribution in [0.1, 0.15) is 136 Å². The first-order valence-corrected chi connectivity index (χ1v) is 16.8. The summed E-state index contributed by atoms with van der Waals surface area (Å²) in [5.41, 5.74) is 0. The van der Waals surface area contributed by atoms with Crippen LogP contribution >= 0.6 is 0 Å². The van der Waals surface area contributed by atoms with Gasteiger partial charge in [0.05, 0.1) is 25.4 Å². The number of aliphatic hydroxyl groups is 6. The molecule has 0 spiro atoms. The van der Waals surface area contributed by atoms with E-state index >= 15 is 0 Å². The average Bonchev–Trinajstić information content (AvgIpc) is 2.98. The molecule has 1 aliphatic heterocycles. The van der Waals surface area contributed by atoms with Crippen molar-refractivity contribution in [1.29, 1.82) is 0 Å². The van der Waals surface area contributed by atoms with Gasteiger partial charge in [0.15, 0.2) is 6.29 Å². The first-order chi connectivity index (χ1) is 20.3. The molecule has 1 rings (SSSR count). The summed E-state index contributed by atoms with van der Waals surface area (Å²) in [5, 5.41) is 63.3. The minimum absolute atomic E-state index is 0.273. The number of nitrogens with one attached hydrogen (secondary N) is 1. The maximum atomic E-state index is 12.6. The Hall–Kier alpha value is -0.850. The summed E-state index contributed by atoms with van der Waals surface area (Å²) < 4.78 is 10.9. The molecule has 10 nitrogen and oxygen atoms in total. The summed E-state index contributed by atoms with van der Waals surface area (Å²) in [7, 11) is 0. The van der Waals surface area contributed by atoms with Crippen LogP contribution in [-0.2, 0) is 14.3 Å². The monoisotopic (exact) mass is 605 g/mol. The fraction of sp³-hybridized carbons (Fsp3) is 0.969. The molecular formula is C32H63NO9. The Labute approximate surface area is 254 Å². The zero-order valence-corrected chi connectivity index (χ0v) is 26.4. The van der Waals surface area contributed by atoms with Gasteiger partial charge in [-0.2, -0.15) is 0 Å². The van der Waals surface area contributed by atoms with Crippen LogP contribution < -0.4 is 5.32 Å². The van der Waals surface area contributed by atoms with E-state index in [0.29, 0.717) is 12.8 Å². The van der Waals surface area contributed by atoms with E-state index in [2.05, 4.69) is 12.2 Å².